The number of halogens is 4. The first-order chi connectivity index (χ1) is 12.8. The highest BCUT2D eigenvalue weighted by Gasteiger charge is 2.22. The first-order valence-electron chi connectivity index (χ1n) is 8.08. The van der Waals surface area contributed by atoms with Crippen molar-refractivity contribution in [2.75, 3.05) is 0 Å². The van der Waals surface area contributed by atoms with E-state index in [1.807, 2.05) is 0 Å². The van der Waals surface area contributed by atoms with Gasteiger partial charge in [0, 0.05) is 31.2 Å². The number of benzene rings is 2. The van der Waals surface area contributed by atoms with E-state index in [2.05, 4.69) is 63.7 Å². The highest BCUT2D eigenvalue weighted by atomic mass is 79.9. The van der Waals surface area contributed by atoms with Gasteiger partial charge in [-0.05, 0) is 87.5 Å². The second-order valence-electron chi connectivity index (χ2n) is 6.17. The molecular weight excluding hydrogens is 608 g/mol. The molecule has 0 spiro atoms. The third kappa shape index (κ3) is 4.75. The Labute approximate surface area is 190 Å². The van der Waals surface area contributed by atoms with Crippen LogP contribution >= 0.6 is 63.7 Å². The third-order valence-corrected chi connectivity index (χ3v) is 6.37. The number of Topliss-reactive ketones (excluding diaryl/α,β-unsaturated/α-hetero) is 1. The minimum Gasteiger partial charge on any atom is -0.506 e. The molecule has 0 atom stereocenters. The van der Waals surface area contributed by atoms with Crippen molar-refractivity contribution in [1.29, 1.82) is 0 Å². The monoisotopic (exact) mass is 618 g/mol. The lowest BCUT2D eigenvalue weighted by molar-refractivity contribution is -0.112. The summed E-state index contributed by atoms with van der Waals surface area (Å²) in [6, 6.07) is 7.05. The van der Waals surface area contributed by atoms with Gasteiger partial charge in [-0.15, -0.1) is 0 Å². The van der Waals surface area contributed by atoms with Crippen molar-refractivity contribution in [1.82, 2.24) is 0 Å². The van der Waals surface area contributed by atoms with Gasteiger partial charge in [0.15, 0.2) is 5.78 Å². The van der Waals surface area contributed by atoms with Gasteiger partial charge in [-0.2, -0.15) is 0 Å². The first-order valence-corrected chi connectivity index (χ1v) is 11.3. The average molecular weight is 622 g/mol. The summed E-state index contributed by atoms with van der Waals surface area (Å²) in [4.78, 5) is 12.9. The van der Waals surface area contributed by atoms with Crippen molar-refractivity contribution in [3.8, 4) is 11.5 Å². The molecule has 3 rings (SSSR count). The number of carbonyl (C=O) groups is 1. The Morgan fingerprint density at radius 2 is 1.15 bits per heavy atom. The fourth-order valence-electron chi connectivity index (χ4n) is 2.95. The van der Waals surface area contributed by atoms with E-state index in [4.69, 9.17) is 0 Å². The molecule has 27 heavy (non-hydrogen) atoms. The summed E-state index contributed by atoms with van der Waals surface area (Å²) in [6.07, 6.45) is 5.59. The summed E-state index contributed by atoms with van der Waals surface area (Å²) < 4.78 is 2.74. The highest BCUT2D eigenvalue weighted by molar-refractivity contribution is 9.11. The van der Waals surface area contributed by atoms with Crippen LogP contribution < -0.4 is 0 Å². The van der Waals surface area contributed by atoms with E-state index in [1.54, 1.807) is 36.4 Å². The SMILES string of the molecule is O=C1/C(=C/c2cc(Br)cc(Br)c2O)CCC/C1=C\c1cc(Br)cc(Br)c1O. The number of hydrogen-bond acceptors (Lipinski definition) is 3. The summed E-state index contributed by atoms with van der Waals surface area (Å²) in [5, 5.41) is 20.5. The Morgan fingerprint density at radius 1 is 0.741 bits per heavy atom. The molecule has 140 valence electrons. The number of phenols is 2. The molecule has 2 N–H and O–H groups in total. The molecule has 0 heterocycles. The van der Waals surface area contributed by atoms with Crippen LogP contribution in [0.15, 0.2) is 53.3 Å². The van der Waals surface area contributed by atoms with Crippen LogP contribution in [-0.4, -0.2) is 16.0 Å². The predicted octanol–water partition coefficient (Wildman–Crippen LogP) is 7.37. The Hall–Kier alpha value is -0.890. The van der Waals surface area contributed by atoms with Crippen LogP contribution in [0.1, 0.15) is 30.4 Å². The maximum atomic E-state index is 12.9. The number of carbonyl (C=O) groups excluding carboxylic acids is 1. The Bertz CT molecular complexity index is 916. The smallest absolute Gasteiger partial charge is 0.185 e. The second kappa shape index (κ2) is 8.64. The van der Waals surface area contributed by atoms with Crippen molar-refractivity contribution in [3.63, 3.8) is 0 Å². The summed E-state index contributed by atoms with van der Waals surface area (Å²) in [6.45, 7) is 0. The van der Waals surface area contributed by atoms with E-state index < -0.39 is 0 Å². The summed E-state index contributed by atoms with van der Waals surface area (Å²) in [7, 11) is 0. The molecule has 1 aliphatic rings. The van der Waals surface area contributed by atoms with Crippen LogP contribution in [-0.2, 0) is 4.79 Å². The van der Waals surface area contributed by atoms with Gasteiger partial charge in [0.2, 0.25) is 0 Å². The Morgan fingerprint density at radius 3 is 1.56 bits per heavy atom. The Kier molecular flexibility index (Phi) is 6.66. The van der Waals surface area contributed by atoms with Crippen LogP contribution in [0.2, 0.25) is 0 Å². The normalized spacial score (nSPS) is 17.7. The molecule has 1 aliphatic carbocycles. The minimum absolute atomic E-state index is 0.0627. The van der Waals surface area contributed by atoms with Gasteiger partial charge in [-0.25, -0.2) is 0 Å². The standard InChI is InChI=1S/C20H14Br4O3/c21-14-6-12(19(26)16(23)8-14)4-10-2-1-3-11(18(10)25)5-13-7-15(22)9-17(24)20(13)27/h4-9,26-27H,1-3H2/b10-4+,11-5+. The molecule has 0 bridgehead atoms. The molecular formula is C20H14Br4O3. The molecule has 0 amide bonds. The average Bonchev–Trinajstić information content (AvgIpc) is 2.60. The zero-order valence-corrected chi connectivity index (χ0v) is 20.2. The van der Waals surface area contributed by atoms with Crippen molar-refractivity contribution in [2.45, 2.75) is 19.3 Å². The lowest BCUT2D eigenvalue weighted by atomic mass is 9.86. The van der Waals surface area contributed by atoms with Gasteiger partial charge in [0.05, 0.1) is 8.95 Å². The molecule has 0 aliphatic heterocycles. The van der Waals surface area contributed by atoms with Gasteiger partial charge >= 0.3 is 0 Å². The van der Waals surface area contributed by atoms with Crippen LogP contribution in [0.3, 0.4) is 0 Å². The number of ketones is 1. The summed E-state index contributed by atoms with van der Waals surface area (Å²) in [5.74, 6) is 0.138. The summed E-state index contributed by atoms with van der Waals surface area (Å²) in [5.41, 5.74) is 2.44. The van der Waals surface area contributed by atoms with Crippen LogP contribution in [0.25, 0.3) is 12.2 Å². The largest absolute Gasteiger partial charge is 0.506 e. The number of phenolic OH excluding ortho intramolecular Hbond substituents is 2. The molecule has 0 saturated heterocycles. The highest BCUT2D eigenvalue weighted by Crippen LogP contribution is 2.37. The van der Waals surface area contributed by atoms with Crippen LogP contribution in [0.5, 0.6) is 11.5 Å². The molecule has 7 heteroatoms. The number of aromatic hydroxyl groups is 2. The predicted molar refractivity (Wildman–Crippen MR) is 122 cm³/mol. The van der Waals surface area contributed by atoms with Crippen molar-refractivity contribution in [2.24, 2.45) is 0 Å². The molecule has 0 radical (unpaired) electrons. The molecule has 0 aromatic heterocycles. The number of allylic oxidation sites excluding steroid dienone is 2. The molecule has 3 nitrogen and oxygen atoms in total. The third-order valence-electron chi connectivity index (χ3n) is 4.25. The zero-order valence-electron chi connectivity index (χ0n) is 13.9. The van der Waals surface area contributed by atoms with Gasteiger partial charge in [0.1, 0.15) is 11.5 Å². The molecule has 1 fully saturated rings. The van der Waals surface area contributed by atoms with E-state index in [1.165, 1.54) is 0 Å². The van der Waals surface area contributed by atoms with E-state index in [9.17, 15) is 15.0 Å². The molecule has 2 aromatic carbocycles. The topological polar surface area (TPSA) is 57.5 Å². The van der Waals surface area contributed by atoms with Crippen LogP contribution in [0, 0.1) is 0 Å². The quantitative estimate of drug-likeness (QED) is 0.345. The van der Waals surface area contributed by atoms with Crippen molar-refractivity contribution in [3.05, 3.63) is 64.4 Å². The van der Waals surface area contributed by atoms with Crippen molar-refractivity contribution < 1.29 is 15.0 Å². The Balaban J connectivity index is 2.00. The van der Waals surface area contributed by atoms with Crippen molar-refractivity contribution >= 4 is 81.7 Å². The maximum absolute atomic E-state index is 12.9. The fourth-order valence-corrected chi connectivity index (χ4v) is 5.46. The number of hydrogen-bond donors (Lipinski definition) is 2. The maximum Gasteiger partial charge on any atom is 0.185 e. The second-order valence-corrected chi connectivity index (χ2v) is 9.71. The van der Waals surface area contributed by atoms with Gasteiger partial charge in [-0.3, -0.25) is 4.79 Å². The lowest BCUT2D eigenvalue weighted by Crippen LogP contribution is -2.12. The molecule has 2 aromatic rings. The van der Waals surface area contributed by atoms with Gasteiger partial charge in [0.25, 0.3) is 0 Å². The minimum atomic E-state index is -0.0627. The van der Waals surface area contributed by atoms with Crippen LogP contribution in [0.4, 0.5) is 0 Å². The fraction of sp³-hybridized carbons (Fsp3) is 0.150. The first kappa shape index (κ1) is 20.8. The molecule has 1 saturated carbocycles. The van der Waals surface area contributed by atoms with E-state index >= 15 is 0 Å². The van der Waals surface area contributed by atoms with Gasteiger partial charge < -0.3 is 10.2 Å². The zero-order chi connectivity index (χ0) is 19.7. The van der Waals surface area contributed by atoms with Gasteiger partial charge in [-0.1, -0.05) is 31.9 Å². The van der Waals surface area contributed by atoms with E-state index in [0.29, 0.717) is 44.1 Å². The molecule has 0 unspecified atom stereocenters. The number of rotatable bonds is 2. The lowest BCUT2D eigenvalue weighted by Gasteiger charge is -2.17. The van der Waals surface area contributed by atoms with E-state index in [0.717, 1.165) is 15.4 Å². The summed E-state index contributed by atoms with van der Waals surface area (Å²) >= 11 is 13.4. The van der Waals surface area contributed by atoms with E-state index in [-0.39, 0.29) is 17.3 Å².